The van der Waals surface area contributed by atoms with Gasteiger partial charge in [0.05, 0.1) is 13.0 Å². The van der Waals surface area contributed by atoms with Crippen molar-refractivity contribution in [1.29, 1.82) is 0 Å². The average molecular weight is 356 g/mol. The number of hydrogen-bond acceptors (Lipinski definition) is 2. The van der Waals surface area contributed by atoms with Crippen LogP contribution in [0.4, 0.5) is 0 Å². The Hall–Kier alpha value is -1.19. The van der Waals surface area contributed by atoms with Crippen molar-refractivity contribution in [2.75, 3.05) is 7.11 Å². The van der Waals surface area contributed by atoms with Gasteiger partial charge in [0.1, 0.15) is 5.75 Å². The second-order valence-corrected chi connectivity index (χ2v) is 5.51. The van der Waals surface area contributed by atoms with E-state index in [1.807, 2.05) is 36.4 Å². The molecule has 0 radical (unpaired) electrons. The molecular weight excluding hydrogens is 340 g/mol. The maximum Gasteiger partial charge on any atom is 0.169 e. The van der Waals surface area contributed by atoms with Gasteiger partial charge in [0.25, 0.3) is 0 Å². The molecule has 0 fully saturated rings. The summed E-state index contributed by atoms with van der Waals surface area (Å²) in [5.74, 6) is 2.56. The zero-order chi connectivity index (χ0) is 14.5. The van der Waals surface area contributed by atoms with E-state index >= 15 is 0 Å². The SMILES string of the molecule is CCc1ccc(Oc2ccc(Br)cc2CCl)c(OC)c1. The molecule has 0 aliphatic heterocycles. The summed E-state index contributed by atoms with van der Waals surface area (Å²) < 4.78 is 12.3. The summed E-state index contributed by atoms with van der Waals surface area (Å²) in [5.41, 5.74) is 2.14. The van der Waals surface area contributed by atoms with Gasteiger partial charge in [-0.3, -0.25) is 0 Å². The van der Waals surface area contributed by atoms with Crippen LogP contribution in [-0.2, 0) is 12.3 Å². The molecule has 0 atom stereocenters. The monoisotopic (exact) mass is 354 g/mol. The van der Waals surface area contributed by atoms with Crippen molar-refractivity contribution >= 4 is 27.5 Å². The zero-order valence-electron chi connectivity index (χ0n) is 11.5. The van der Waals surface area contributed by atoms with Crippen LogP contribution in [-0.4, -0.2) is 7.11 Å². The fourth-order valence-electron chi connectivity index (χ4n) is 1.89. The number of aryl methyl sites for hydroxylation is 1. The summed E-state index contributed by atoms with van der Waals surface area (Å²) in [6.45, 7) is 2.11. The summed E-state index contributed by atoms with van der Waals surface area (Å²) in [4.78, 5) is 0. The van der Waals surface area contributed by atoms with Crippen LogP contribution < -0.4 is 9.47 Å². The van der Waals surface area contributed by atoms with Crippen LogP contribution in [0.5, 0.6) is 17.2 Å². The molecule has 0 heterocycles. The molecule has 2 aromatic carbocycles. The second-order valence-electron chi connectivity index (χ2n) is 4.33. The second kappa shape index (κ2) is 7.00. The molecule has 0 saturated heterocycles. The van der Waals surface area contributed by atoms with Crippen LogP contribution in [0, 0.1) is 0 Å². The Morgan fingerprint density at radius 3 is 2.45 bits per heavy atom. The fraction of sp³-hybridized carbons (Fsp3) is 0.250. The molecule has 0 aliphatic carbocycles. The van der Waals surface area contributed by atoms with Crippen LogP contribution >= 0.6 is 27.5 Å². The highest BCUT2D eigenvalue weighted by Crippen LogP contribution is 2.35. The number of alkyl halides is 1. The average Bonchev–Trinajstić information content (AvgIpc) is 2.49. The van der Waals surface area contributed by atoms with E-state index in [0.717, 1.165) is 28.0 Å². The fourth-order valence-corrected chi connectivity index (χ4v) is 2.50. The minimum absolute atomic E-state index is 0.393. The molecule has 0 saturated carbocycles. The number of benzene rings is 2. The molecule has 2 aromatic rings. The Balaban J connectivity index is 2.34. The first-order valence-electron chi connectivity index (χ1n) is 6.37. The predicted molar refractivity (Wildman–Crippen MR) is 86.1 cm³/mol. The lowest BCUT2D eigenvalue weighted by molar-refractivity contribution is 0.377. The van der Waals surface area contributed by atoms with Gasteiger partial charge in [0, 0.05) is 10.0 Å². The first-order valence-corrected chi connectivity index (χ1v) is 7.69. The van der Waals surface area contributed by atoms with Crippen molar-refractivity contribution in [2.24, 2.45) is 0 Å². The van der Waals surface area contributed by atoms with Gasteiger partial charge in [-0.25, -0.2) is 0 Å². The van der Waals surface area contributed by atoms with Crippen LogP contribution in [0.3, 0.4) is 0 Å². The minimum atomic E-state index is 0.393. The van der Waals surface area contributed by atoms with Crippen molar-refractivity contribution in [1.82, 2.24) is 0 Å². The van der Waals surface area contributed by atoms with Gasteiger partial charge in [-0.15, -0.1) is 11.6 Å². The third-order valence-electron chi connectivity index (χ3n) is 3.02. The molecule has 2 nitrogen and oxygen atoms in total. The van der Waals surface area contributed by atoms with E-state index in [1.165, 1.54) is 5.56 Å². The van der Waals surface area contributed by atoms with E-state index in [0.29, 0.717) is 11.6 Å². The van der Waals surface area contributed by atoms with Crippen molar-refractivity contribution in [3.8, 4) is 17.2 Å². The maximum atomic E-state index is 5.96. The molecule has 0 amide bonds. The van der Waals surface area contributed by atoms with Gasteiger partial charge in [-0.2, -0.15) is 0 Å². The topological polar surface area (TPSA) is 18.5 Å². The standard InChI is InChI=1S/C16H16BrClO2/c1-3-11-4-6-15(16(8-11)19-2)20-14-7-5-13(17)9-12(14)10-18/h4-9H,3,10H2,1-2H3. The highest BCUT2D eigenvalue weighted by Gasteiger charge is 2.10. The van der Waals surface area contributed by atoms with Crippen molar-refractivity contribution in [3.63, 3.8) is 0 Å². The van der Waals surface area contributed by atoms with E-state index in [9.17, 15) is 0 Å². The van der Waals surface area contributed by atoms with Gasteiger partial charge in [0.15, 0.2) is 11.5 Å². The molecule has 106 valence electrons. The lowest BCUT2D eigenvalue weighted by atomic mass is 10.1. The third kappa shape index (κ3) is 3.47. The highest BCUT2D eigenvalue weighted by atomic mass is 79.9. The van der Waals surface area contributed by atoms with Gasteiger partial charge >= 0.3 is 0 Å². The van der Waals surface area contributed by atoms with Crippen molar-refractivity contribution < 1.29 is 9.47 Å². The number of rotatable bonds is 5. The molecule has 0 bridgehead atoms. The molecular formula is C16H16BrClO2. The molecule has 20 heavy (non-hydrogen) atoms. The van der Waals surface area contributed by atoms with Gasteiger partial charge in [0.2, 0.25) is 0 Å². The quantitative estimate of drug-likeness (QED) is 0.655. The Bertz CT molecular complexity index is 599. The van der Waals surface area contributed by atoms with E-state index in [4.69, 9.17) is 21.1 Å². The van der Waals surface area contributed by atoms with Gasteiger partial charge < -0.3 is 9.47 Å². The first kappa shape index (κ1) is 15.2. The lowest BCUT2D eigenvalue weighted by Gasteiger charge is -2.14. The molecule has 0 aliphatic rings. The van der Waals surface area contributed by atoms with Crippen LogP contribution in [0.15, 0.2) is 40.9 Å². The van der Waals surface area contributed by atoms with Gasteiger partial charge in [-0.05, 0) is 42.3 Å². The first-order chi connectivity index (χ1) is 9.67. The Morgan fingerprint density at radius 2 is 1.80 bits per heavy atom. The summed E-state index contributed by atoms with van der Waals surface area (Å²) in [7, 11) is 1.64. The lowest BCUT2D eigenvalue weighted by Crippen LogP contribution is -1.94. The normalized spacial score (nSPS) is 10.4. The number of ether oxygens (including phenoxy) is 2. The summed E-state index contributed by atoms with van der Waals surface area (Å²) in [6.07, 6.45) is 0.960. The van der Waals surface area contributed by atoms with E-state index in [1.54, 1.807) is 7.11 Å². The number of methoxy groups -OCH3 is 1. The third-order valence-corrected chi connectivity index (χ3v) is 3.80. The maximum absolute atomic E-state index is 5.96. The molecule has 4 heteroatoms. The Labute approximate surface area is 132 Å². The number of halogens is 2. The largest absolute Gasteiger partial charge is 0.493 e. The molecule has 0 N–H and O–H groups in total. The molecule has 0 spiro atoms. The predicted octanol–water partition coefficient (Wildman–Crippen LogP) is 5.55. The van der Waals surface area contributed by atoms with Crippen LogP contribution in [0.25, 0.3) is 0 Å². The van der Waals surface area contributed by atoms with Crippen molar-refractivity contribution in [2.45, 2.75) is 19.2 Å². The molecule has 0 unspecified atom stereocenters. The Kier molecular flexibility index (Phi) is 5.32. The van der Waals surface area contributed by atoms with Crippen molar-refractivity contribution in [3.05, 3.63) is 52.0 Å². The summed E-state index contributed by atoms with van der Waals surface area (Å²) in [5, 5.41) is 0. The smallest absolute Gasteiger partial charge is 0.169 e. The minimum Gasteiger partial charge on any atom is -0.493 e. The van der Waals surface area contributed by atoms with Crippen LogP contribution in [0.1, 0.15) is 18.1 Å². The Morgan fingerprint density at radius 1 is 1.05 bits per heavy atom. The van der Waals surface area contributed by atoms with Gasteiger partial charge in [-0.1, -0.05) is 28.9 Å². The highest BCUT2D eigenvalue weighted by molar-refractivity contribution is 9.10. The molecule has 0 aromatic heterocycles. The zero-order valence-corrected chi connectivity index (χ0v) is 13.8. The van der Waals surface area contributed by atoms with Crippen LogP contribution in [0.2, 0.25) is 0 Å². The van der Waals surface area contributed by atoms with E-state index < -0.39 is 0 Å². The van der Waals surface area contributed by atoms with E-state index in [2.05, 4.69) is 22.9 Å². The number of hydrogen-bond donors (Lipinski definition) is 0. The van der Waals surface area contributed by atoms with E-state index in [-0.39, 0.29) is 0 Å². The summed E-state index contributed by atoms with van der Waals surface area (Å²) >= 11 is 9.39. The summed E-state index contributed by atoms with van der Waals surface area (Å²) in [6, 6.07) is 11.7. The molecule has 2 rings (SSSR count).